The Kier molecular flexibility index (Phi) is 4.67. The molecule has 0 bridgehead atoms. The first-order chi connectivity index (χ1) is 9.02. The number of hydrogen-bond donors (Lipinski definition) is 1. The molecule has 2 rings (SSSR count). The van der Waals surface area contributed by atoms with E-state index in [0.717, 1.165) is 5.92 Å². The maximum atomic E-state index is 3.55. The molecule has 1 aromatic carbocycles. The van der Waals surface area contributed by atoms with Gasteiger partial charge in [0.15, 0.2) is 0 Å². The second-order valence-electron chi connectivity index (χ2n) is 7.04. The van der Waals surface area contributed by atoms with Gasteiger partial charge in [0.25, 0.3) is 0 Å². The van der Waals surface area contributed by atoms with Crippen molar-refractivity contribution in [3.8, 4) is 0 Å². The van der Waals surface area contributed by atoms with Crippen molar-refractivity contribution in [3.05, 3.63) is 35.4 Å². The first-order valence-corrected chi connectivity index (χ1v) is 7.80. The van der Waals surface area contributed by atoms with Crippen LogP contribution in [0.1, 0.15) is 70.0 Å². The predicted octanol–water partition coefficient (Wildman–Crippen LogP) is 4.82. The van der Waals surface area contributed by atoms with Gasteiger partial charge in [0, 0.05) is 6.04 Å². The van der Waals surface area contributed by atoms with Gasteiger partial charge in [-0.1, -0.05) is 64.3 Å². The van der Waals surface area contributed by atoms with E-state index in [1.807, 2.05) is 0 Å². The summed E-state index contributed by atoms with van der Waals surface area (Å²) in [7, 11) is 2.11. The van der Waals surface area contributed by atoms with Crippen molar-refractivity contribution in [2.45, 2.75) is 64.3 Å². The average molecular weight is 259 g/mol. The molecule has 0 spiro atoms. The van der Waals surface area contributed by atoms with Gasteiger partial charge in [-0.2, -0.15) is 0 Å². The van der Waals surface area contributed by atoms with Crippen LogP contribution in [0.4, 0.5) is 0 Å². The second kappa shape index (κ2) is 6.09. The Morgan fingerprint density at radius 3 is 2.05 bits per heavy atom. The summed E-state index contributed by atoms with van der Waals surface area (Å²) in [6, 6.07) is 9.81. The normalized spacial score (nSPS) is 19.4. The van der Waals surface area contributed by atoms with E-state index in [0.29, 0.717) is 6.04 Å². The van der Waals surface area contributed by atoms with Gasteiger partial charge in [-0.15, -0.1) is 0 Å². The lowest BCUT2D eigenvalue weighted by Gasteiger charge is -2.31. The van der Waals surface area contributed by atoms with E-state index >= 15 is 0 Å². The monoisotopic (exact) mass is 259 g/mol. The molecule has 0 amide bonds. The topological polar surface area (TPSA) is 12.0 Å². The van der Waals surface area contributed by atoms with Gasteiger partial charge in [0.2, 0.25) is 0 Å². The molecule has 106 valence electrons. The van der Waals surface area contributed by atoms with E-state index < -0.39 is 0 Å². The third kappa shape index (κ3) is 3.60. The molecule has 0 aromatic heterocycles. The Morgan fingerprint density at radius 1 is 1.00 bits per heavy atom. The van der Waals surface area contributed by atoms with Gasteiger partial charge in [-0.05, 0) is 42.3 Å². The first kappa shape index (κ1) is 14.6. The van der Waals surface area contributed by atoms with Crippen LogP contribution in [0.3, 0.4) is 0 Å². The van der Waals surface area contributed by atoms with Crippen molar-refractivity contribution in [2.24, 2.45) is 5.92 Å². The van der Waals surface area contributed by atoms with Crippen molar-refractivity contribution >= 4 is 0 Å². The summed E-state index contributed by atoms with van der Waals surface area (Å²) in [5.41, 5.74) is 3.13. The number of hydrogen-bond acceptors (Lipinski definition) is 1. The smallest absolute Gasteiger partial charge is 0.0346 e. The fourth-order valence-electron chi connectivity index (χ4n) is 3.33. The SMILES string of the molecule is CNC(c1ccc(C(C)(C)C)cc1)C1CCCCC1. The highest BCUT2D eigenvalue weighted by molar-refractivity contribution is 5.29. The molecule has 0 heterocycles. The zero-order chi connectivity index (χ0) is 13.9. The van der Waals surface area contributed by atoms with Crippen molar-refractivity contribution in [3.63, 3.8) is 0 Å². The molecule has 1 nitrogen and oxygen atoms in total. The lowest BCUT2D eigenvalue weighted by Crippen LogP contribution is -2.27. The lowest BCUT2D eigenvalue weighted by atomic mass is 9.80. The predicted molar refractivity (Wildman–Crippen MR) is 83.5 cm³/mol. The standard InChI is InChI=1S/C18H29N/c1-18(2,3)16-12-10-15(11-13-16)17(19-4)14-8-6-5-7-9-14/h10-14,17,19H,5-9H2,1-4H3. The molecule has 0 aliphatic heterocycles. The van der Waals surface area contributed by atoms with Crippen molar-refractivity contribution in [2.75, 3.05) is 7.05 Å². The van der Waals surface area contributed by atoms with Crippen LogP contribution in [0.5, 0.6) is 0 Å². The fourth-order valence-corrected chi connectivity index (χ4v) is 3.33. The fraction of sp³-hybridized carbons (Fsp3) is 0.667. The van der Waals surface area contributed by atoms with E-state index in [4.69, 9.17) is 0 Å². The zero-order valence-electron chi connectivity index (χ0n) is 13.0. The van der Waals surface area contributed by atoms with Gasteiger partial charge in [0.1, 0.15) is 0 Å². The molecule has 19 heavy (non-hydrogen) atoms. The Morgan fingerprint density at radius 2 is 1.58 bits per heavy atom. The van der Waals surface area contributed by atoms with Crippen LogP contribution in [0.2, 0.25) is 0 Å². The maximum Gasteiger partial charge on any atom is 0.0346 e. The quantitative estimate of drug-likeness (QED) is 0.820. The Hall–Kier alpha value is -0.820. The highest BCUT2D eigenvalue weighted by Crippen LogP contribution is 2.34. The first-order valence-electron chi connectivity index (χ1n) is 7.80. The largest absolute Gasteiger partial charge is 0.313 e. The minimum absolute atomic E-state index is 0.249. The summed E-state index contributed by atoms with van der Waals surface area (Å²) in [6.45, 7) is 6.83. The minimum Gasteiger partial charge on any atom is -0.313 e. The average Bonchev–Trinajstić information content (AvgIpc) is 2.40. The number of benzene rings is 1. The molecule has 1 atom stereocenters. The van der Waals surface area contributed by atoms with Crippen molar-refractivity contribution in [1.82, 2.24) is 5.32 Å². The second-order valence-corrected chi connectivity index (χ2v) is 7.04. The zero-order valence-corrected chi connectivity index (χ0v) is 13.0. The summed E-state index contributed by atoms with van der Waals surface area (Å²) >= 11 is 0. The van der Waals surface area contributed by atoms with Crippen molar-refractivity contribution < 1.29 is 0 Å². The molecular weight excluding hydrogens is 230 g/mol. The summed E-state index contributed by atoms with van der Waals surface area (Å²) in [6.07, 6.45) is 7.00. The van der Waals surface area contributed by atoms with Gasteiger partial charge >= 0.3 is 0 Å². The van der Waals surface area contributed by atoms with Crippen LogP contribution in [0, 0.1) is 5.92 Å². The molecule has 1 aliphatic rings. The third-order valence-electron chi connectivity index (χ3n) is 4.57. The van der Waals surface area contributed by atoms with Gasteiger partial charge in [-0.3, -0.25) is 0 Å². The van der Waals surface area contributed by atoms with E-state index in [1.54, 1.807) is 0 Å². The molecule has 1 fully saturated rings. The molecule has 0 radical (unpaired) electrons. The summed E-state index contributed by atoms with van der Waals surface area (Å²) in [5, 5.41) is 3.55. The Labute approximate surface area is 118 Å². The molecule has 1 unspecified atom stereocenters. The van der Waals surface area contributed by atoms with Crippen molar-refractivity contribution in [1.29, 1.82) is 0 Å². The van der Waals surface area contributed by atoms with E-state index in [1.165, 1.54) is 43.2 Å². The minimum atomic E-state index is 0.249. The van der Waals surface area contributed by atoms with Crippen LogP contribution in [-0.2, 0) is 5.41 Å². The molecule has 1 aromatic rings. The van der Waals surface area contributed by atoms with Crippen LogP contribution in [0.25, 0.3) is 0 Å². The Bertz CT molecular complexity index is 379. The van der Waals surface area contributed by atoms with Gasteiger partial charge in [0.05, 0.1) is 0 Å². The molecule has 0 saturated heterocycles. The van der Waals surface area contributed by atoms with E-state index in [2.05, 4.69) is 57.4 Å². The third-order valence-corrected chi connectivity index (χ3v) is 4.57. The summed E-state index contributed by atoms with van der Waals surface area (Å²) in [5.74, 6) is 0.819. The van der Waals surface area contributed by atoms with Crippen LogP contribution in [-0.4, -0.2) is 7.05 Å². The maximum absolute atomic E-state index is 3.55. The Balaban J connectivity index is 2.14. The van der Waals surface area contributed by atoms with E-state index in [9.17, 15) is 0 Å². The van der Waals surface area contributed by atoms with Crippen LogP contribution < -0.4 is 5.32 Å². The lowest BCUT2D eigenvalue weighted by molar-refractivity contribution is 0.281. The molecule has 1 N–H and O–H groups in total. The van der Waals surface area contributed by atoms with E-state index in [-0.39, 0.29) is 5.41 Å². The number of nitrogens with one attached hydrogen (secondary N) is 1. The summed E-state index contributed by atoms with van der Waals surface area (Å²) in [4.78, 5) is 0. The highest BCUT2D eigenvalue weighted by Gasteiger charge is 2.24. The van der Waals surface area contributed by atoms with Crippen LogP contribution >= 0.6 is 0 Å². The number of rotatable bonds is 3. The molecule has 1 aliphatic carbocycles. The molecule has 1 saturated carbocycles. The highest BCUT2D eigenvalue weighted by atomic mass is 14.9. The van der Waals surface area contributed by atoms with Crippen LogP contribution in [0.15, 0.2) is 24.3 Å². The van der Waals surface area contributed by atoms with Gasteiger partial charge in [-0.25, -0.2) is 0 Å². The summed E-state index contributed by atoms with van der Waals surface area (Å²) < 4.78 is 0. The van der Waals surface area contributed by atoms with Gasteiger partial charge < -0.3 is 5.32 Å². The molecule has 1 heteroatoms. The molecular formula is C18H29N.